The summed E-state index contributed by atoms with van der Waals surface area (Å²) in [6, 6.07) is 6.60. The summed E-state index contributed by atoms with van der Waals surface area (Å²) in [6.07, 6.45) is 5.89. The Morgan fingerprint density at radius 3 is 2.83 bits per heavy atom. The van der Waals surface area contributed by atoms with Crippen molar-refractivity contribution >= 4 is 12.0 Å². The molecule has 3 rings (SSSR count). The Morgan fingerprint density at radius 2 is 2.17 bits per heavy atom. The number of aromatic nitrogens is 1. The maximum absolute atomic E-state index is 12.1. The minimum absolute atomic E-state index is 0. The monoisotopic (exact) mass is 484 g/mol. The average Bonchev–Trinajstić information content (AvgIpc) is 2.71. The first-order valence-corrected chi connectivity index (χ1v) is 7.87. The van der Waals surface area contributed by atoms with Gasteiger partial charge in [0.05, 0.1) is 0 Å². The second kappa shape index (κ2) is 6.86. The summed E-state index contributed by atoms with van der Waals surface area (Å²) in [6.45, 7) is 6.15. The van der Waals surface area contributed by atoms with Crippen LogP contribution in [0.15, 0.2) is 24.4 Å². The largest absolute Gasteiger partial charge is 0.460 e. The van der Waals surface area contributed by atoms with Crippen LogP contribution in [0.4, 0.5) is 0 Å². The van der Waals surface area contributed by atoms with Crippen LogP contribution < -0.4 is 0 Å². The molecule has 1 aromatic heterocycles. The number of nitrogens with zero attached hydrogens (tertiary/aromatic N) is 1. The first-order chi connectivity index (χ1) is 10.4. The van der Waals surface area contributed by atoms with E-state index in [1.54, 1.807) is 6.20 Å². The van der Waals surface area contributed by atoms with Gasteiger partial charge in [0.25, 0.3) is 0 Å². The Kier molecular flexibility index (Phi) is 5.47. The Morgan fingerprint density at radius 1 is 1.43 bits per heavy atom. The number of carbonyl (C=O) groups excluding carboxylic acids is 1. The van der Waals surface area contributed by atoms with Crippen LogP contribution >= 0.6 is 0 Å². The van der Waals surface area contributed by atoms with Crippen LogP contribution in [0.3, 0.4) is 0 Å². The Hall–Kier alpha value is -0.992. The third-order valence-electron chi connectivity index (χ3n) is 5.38. The van der Waals surface area contributed by atoms with Crippen molar-refractivity contribution in [1.82, 2.24) is 4.98 Å². The molecule has 124 valence electrons. The fourth-order valence-corrected chi connectivity index (χ4v) is 4.04. The molecule has 1 aliphatic heterocycles. The third-order valence-corrected chi connectivity index (χ3v) is 5.38. The van der Waals surface area contributed by atoms with Crippen molar-refractivity contribution in [3.05, 3.63) is 36.2 Å². The van der Waals surface area contributed by atoms with Gasteiger partial charge in [-0.2, -0.15) is 6.07 Å². The molecule has 23 heavy (non-hydrogen) atoms. The summed E-state index contributed by atoms with van der Waals surface area (Å²) < 4.78 is 5.35. The summed E-state index contributed by atoms with van der Waals surface area (Å²) in [5.74, 6) is 0.0491. The van der Waals surface area contributed by atoms with Crippen molar-refractivity contribution in [3.8, 4) is 0 Å². The van der Waals surface area contributed by atoms with Gasteiger partial charge in [-0.15, -0.1) is 0 Å². The molecule has 2 aliphatic rings. The van der Waals surface area contributed by atoms with Gasteiger partial charge in [-0.3, -0.25) is 4.98 Å². The van der Waals surface area contributed by atoms with E-state index in [2.05, 4.69) is 31.0 Å². The number of allylic oxidation sites excluding steroid dienone is 1. The van der Waals surface area contributed by atoms with Crippen molar-refractivity contribution in [2.24, 2.45) is 23.7 Å². The molecule has 6 atom stereocenters. The maximum Gasteiger partial charge on any atom is 0.338 e. The normalized spacial score (nSPS) is 39.7. The standard InChI is InChI=1S/C18H22NO3.W/c1-11-10-18(21)16(13(3)22-17(18)20)15(12(11)2)8-7-14-6-4-5-9-19-14;/h4,6-9,11-13,15-16,21H,10H2,1-3H3;/q-1;/b8-7+;/t11-,12+,13+,15-,16-,18-;/m0./s1. The molecule has 0 radical (unpaired) electrons. The number of cyclic esters (lactones) is 1. The zero-order chi connectivity index (χ0) is 15.9. The van der Waals surface area contributed by atoms with Crippen molar-refractivity contribution < 1.29 is 35.7 Å². The summed E-state index contributed by atoms with van der Waals surface area (Å²) in [7, 11) is 0. The zero-order valence-corrected chi connectivity index (χ0v) is 16.5. The van der Waals surface area contributed by atoms with E-state index < -0.39 is 11.6 Å². The first kappa shape index (κ1) is 18.3. The van der Waals surface area contributed by atoms with Crippen LogP contribution in [0.5, 0.6) is 0 Å². The molecule has 1 aliphatic carbocycles. The van der Waals surface area contributed by atoms with Gasteiger partial charge in [0.2, 0.25) is 0 Å². The van der Waals surface area contributed by atoms with Gasteiger partial charge < -0.3 is 9.84 Å². The fraction of sp³-hybridized carbons (Fsp3) is 0.556. The average molecular weight is 484 g/mol. The Bertz CT molecular complexity index is 591. The van der Waals surface area contributed by atoms with E-state index in [0.717, 1.165) is 5.69 Å². The van der Waals surface area contributed by atoms with E-state index >= 15 is 0 Å². The van der Waals surface area contributed by atoms with E-state index in [1.807, 2.05) is 25.1 Å². The molecular formula is C18H22NO3W-. The van der Waals surface area contributed by atoms with Crippen LogP contribution in [-0.4, -0.2) is 27.8 Å². The van der Waals surface area contributed by atoms with Crippen molar-refractivity contribution in [1.29, 1.82) is 0 Å². The zero-order valence-electron chi connectivity index (χ0n) is 13.6. The maximum atomic E-state index is 12.1. The van der Waals surface area contributed by atoms with E-state index in [0.29, 0.717) is 12.3 Å². The van der Waals surface area contributed by atoms with Gasteiger partial charge in [-0.05, 0) is 36.8 Å². The van der Waals surface area contributed by atoms with Crippen molar-refractivity contribution in [2.75, 3.05) is 0 Å². The minimum Gasteiger partial charge on any atom is -0.460 e. The van der Waals surface area contributed by atoms with E-state index in [1.165, 1.54) is 0 Å². The minimum atomic E-state index is -1.35. The SMILES string of the molecule is C[C@H]1[C@H](/C=C/c2cc[c-]cn2)[C@@H]2[C@@H](C)OC(=O)[C@]2(O)C[C@@H]1C.[W]. The summed E-state index contributed by atoms with van der Waals surface area (Å²) >= 11 is 0. The molecule has 4 nitrogen and oxygen atoms in total. The number of fused-ring (bicyclic) bond motifs is 1. The molecule has 1 saturated carbocycles. The molecule has 0 amide bonds. The molecule has 1 N–H and O–H groups in total. The number of esters is 1. The van der Waals surface area contributed by atoms with Gasteiger partial charge in [0.1, 0.15) is 6.10 Å². The van der Waals surface area contributed by atoms with Gasteiger partial charge >= 0.3 is 5.97 Å². The molecule has 5 heteroatoms. The number of ether oxygens (including phenoxy) is 1. The number of pyridine rings is 1. The number of hydrogen-bond acceptors (Lipinski definition) is 4. The molecular weight excluding hydrogens is 462 g/mol. The molecule has 2 heterocycles. The van der Waals surface area contributed by atoms with Crippen molar-refractivity contribution in [3.63, 3.8) is 0 Å². The second-order valence-electron chi connectivity index (χ2n) is 6.72. The van der Waals surface area contributed by atoms with Crippen LogP contribution in [-0.2, 0) is 30.6 Å². The summed E-state index contributed by atoms with van der Waals surface area (Å²) in [5, 5.41) is 10.9. The first-order valence-electron chi connectivity index (χ1n) is 7.87. The third kappa shape index (κ3) is 3.16. The van der Waals surface area contributed by atoms with Gasteiger partial charge in [-0.1, -0.05) is 32.2 Å². The number of carbonyl (C=O) groups is 1. The topological polar surface area (TPSA) is 59.4 Å². The summed E-state index contributed by atoms with van der Waals surface area (Å²) in [4.78, 5) is 16.3. The van der Waals surface area contributed by atoms with Gasteiger partial charge in [-0.25, -0.2) is 16.9 Å². The predicted octanol–water partition coefficient (Wildman–Crippen LogP) is 2.48. The smallest absolute Gasteiger partial charge is 0.338 e. The number of hydrogen-bond donors (Lipinski definition) is 1. The van der Waals surface area contributed by atoms with Gasteiger partial charge in [0.15, 0.2) is 5.60 Å². The molecule has 0 unspecified atom stereocenters. The quantitative estimate of drug-likeness (QED) is 0.518. The van der Waals surface area contributed by atoms with Crippen LogP contribution in [0.25, 0.3) is 6.08 Å². The van der Waals surface area contributed by atoms with E-state index in [4.69, 9.17) is 4.74 Å². The Labute approximate surface area is 151 Å². The Balaban J connectivity index is 0.00000192. The molecule has 0 spiro atoms. The predicted molar refractivity (Wildman–Crippen MR) is 82.5 cm³/mol. The molecule has 1 saturated heterocycles. The summed E-state index contributed by atoms with van der Waals surface area (Å²) in [5.41, 5.74) is -0.497. The number of aliphatic hydroxyl groups is 1. The fourth-order valence-electron chi connectivity index (χ4n) is 4.04. The van der Waals surface area contributed by atoms with Crippen molar-refractivity contribution in [2.45, 2.75) is 38.9 Å². The molecule has 0 aromatic carbocycles. The van der Waals surface area contributed by atoms with E-state index in [-0.39, 0.29) is 44.9 Å². The number of rotatable bonds is 2. The van der Waals surface area contributed by atoms with E-state index in [9.17, 15) is 9.90 Å². The van der Waals surface area contributed by atoms with Crippen LogP contribution in [0, 0.1) is 29.7 Å². The second-order valence-corrected chi connectivity index (χ2v) is 6.72. The molecule has 2 fully saturated rings. The van der Waals surface area contributed by atoms with Gasteiger partial charge in [0, 0.05) is 27.0 Å². The van der Waals surface area contributed by atoms with Crippen LogP contribution in [0.1, 0.15) is 32.9 Å². The molecule has 0 bridgehead atoms. The van der Waals surface area contributed by atoms with Crippen LogP contribution in [0.2, 0.25) is 0 Å². The molecule has 1 aromatic rings.